The van der Waals surface area contributed by atoms with Crippen LogP contribution in [0, 0.1) is 0 Å². The summed E-state index contributed by atoms with van der Waals surface area (Å²) in [6.45, 7) is 4.28. The molecule has 3 heteroatoms. The Balaban J connectivity index is 2.15. The molecule has 2 aliphatic heterocycles. The van der Waals surface area contributed by atoms with Crippen molar-refractivity contribution in [2.24, 2.45) is 4.99 Å². The van der Waals surface area contributed by atoms with Gasteiger partial charge in [0.2, 0.25) is 0 Å². The molecule has 0 aromatic carbocycles. The number of hydrogen-bond acceptors (Lipinski definition) is 3. The Morgan fingerprint density at radius 1 is 1.67 bits per heavy atom. The Bertz CT molecular complexity index is 160. The first-order valence-corrected chi connectivity index (χ1v) is 4.19. The summed E-state index contributed by atoms with van der Waals surface area (Å²) in [5, 5.41) is 4.50. The van der Waals surface area contributed by atoms with E-state index in [9.17, 15) is 0 Å². The second-order valence-corrected chi connectivity index (χ2v) is 3.92. The second kappa shape index (κ2) is 1.73. The number of hydrogen-bond donors (Lipinski definition) is 1. The summed E-state index contributed by atoms with van der Waals surface area (Å²) in [5.41, 5.74) is 0.328. The number of nitrogens with zero attached hydrogens (tertiary/aromatic N) is 1. The Kier molecular flexibility index (Phi) is 1.11. The lowest BCUT2D eigenvalue weighted by Crippen LogP contribution is -2.58. The number of rotatable bonds is 0. The molecular formula is C6H10N2S. The number of thioether (sulfide) groups is 1. The van der Waals surface area contributed by atoms with E-state index in [-0.39, 0.29) is 0 Å². The van der Waals surface area contributed by atoms with Crippen molar-refractivity contribution < 1.29 is 0 Å². The molecule has 0 bridgehead atoms. The molecule has 2 rings (SSSR count). The van der Waals surface area contributed by atoms with E-state index in [1.807, 2.05) is 11.8 Å². The highest BCUT2D eigenvalue weighted by Crippen LogP contribution is 2.30. The Morgan fingerprint density at radius 2 is 2.44 bits per heavy atom. The van der Waals surface area contributed by atoms with Gasteiger partial charge in [-0.05, 0) is 6.92 Å². The SMILES string of the molecule is CC1=NC2(CNC2)CS1. The maximum absolute atomic E-state index is 4.54. The van der Waals surface area contributed by atoms with Crippen molar-refractivity contribution in [2.75, 3.05) is 18.8 Å². The van der Waals surface area contributed by atoms with Crippen LogP contribution in [0.1, 0.15) is 6.92 Å². The van der Waals surface area contributed by atoms with Gasteiger partial charge in [-0.15, -0.1) is 11.8 Å². The minimum Gasteiger partial charge on any atom is -0.312 e. The fourth-order valence-electron chi connectivity index (χ4n) is 1.23. The molecule has 0 unspecified atom stereocenters. The standard InChI is InChI=1S/C6H10N2S/c1-5-8-6(4-9-5)2-7-3-6/h7H,2-4H2,1H3. The molecule has 0 aliphatic carbocycles. The van der Waals surface area contributed by atoms with Crippen LogP contribution in [-0.2, 0) is 0 Å². The molecule has 0 aromatic rings. The molecule has 0 aromatic heterocycles. The summed E-state index contributed by atoms with van der Waals surface area (Å²) in [7, 11) is 0. The molecule has 1 saturated heterocycles. The van der Waals surface area contributed by atoms with E-state index in [1.165, 1.54) is 10.8 Å². The highest BCUT2D eigenvalue weighted by Gasteiger charge is 2.39. The third-order valence-corrected chi connectivity index (χ3v) is 3.04. The largest absolute Gasteiger partial charge is 0.312 e. The number of nitrogens with one attached hydrogen (secondary N) is 1. The van der Waals surface area contributed by atoms with Crippen LogP contribution in [0.4, 0.5) is 0 Å². The van der Waals surface area contributed by atoms with Crippen molar-refractivity contribution in [2.45, 2.75) is 12.5 Å². The highest BCUT2D eigenvalue weighted by molar-refractivity contribution is 8.14. The molecule has 50 valence electrons. The molecule has 1 spiro atoms. The third kappa shape index (κ3) is 0.792. The first kappa shape index (κ1) is 5.74. The average molecular weight is 142 g/mol. The molecule has 1 fully saturated rings. The van der Waals surface area contributed by atoms with Gasteiger partial charge in [-0.3, -0.25) is 4.99 Å². The lowest BCUT2D eigenvalue weighted by molar-refractivity contribution is 0.323. The van der Waals surface area contributed by atoms with Gasteiger partial charge in [0.15, 0.2) is 0 Å². The average Bonchev–Trinajstić information content (AvgIpc) is 2.09. The maximum Gasteiger partial charge on any atom is 0.0958 e. The van der Waals surface area contributed by atoms with Gasteiger partial charge in [0.05, 0.1) is 10.6 Å². The molecule has 2 heterocycles. The van der Waals surface area contributed by atoms with Gasteiger partial charge >= 0.3 is 0 Å². The van der Waals surface area contributed by atoms with E-state index in [4.69, 9.17) is 0 Å². The van der Waals surface area contributed by atoms with E-state index in [2.05, 4.69) is 17.2 Å². The minimum absolute atomic E-state index is 0.328. The van der Waals surface area contributed by atoms with Crippen molar-refractivity contribution in [3.05, 3.63) is 0 Å². The summed E-state index contributed by atoms with van der Waals surface area (Å²) < 4.78 is 0. The zero-order valence-corrected chi connectivity index (χ0v) is 6.29. The van der Waals surface area contributed by atoms with Gasteiger partial charge in [0.25, 0.3) is 0 Å². The van der Waals surface area contributed by atoms with Crippen molar-refractivity contribution in [1.29, 1.82) is 0 Å². The van der Waals surface area contributed by atoms with Crippen LogP contribution in [-0.4, -0.2) is 29.4 Å². The smallest absolute Gasteiger partial charge is 0.0958 e. The predicted octanol–water partition coefficient (Wildman–Crippen LogP) is 0.494. The normalized spacial score (nSPS) is 30.1. The maximum atomic E-state index is 4.54. The molecule has 2 aliphatic rings. The van der Waals surface area contributed by atoms with Crippen LogP contribution in [0.2, 0.25) is 0 Å². The zero-order chi connectivity index (χ0) is 6.32. The summed E-state index contributed by atoms with van der Waals surface area (Å²) in [4.78, 5) is 4.54. The molecule has 0 amide bonds. The summed E-state index contributed by atoms with van der Waals surface area (Å²) in [6, 6.07) is 0. The first-order chi connectivity index (χ1) is 4.31. The number of aliphatic imine (C=N–C) groups is 1. The first-order valence-electron chi connectivity index (χ1n) is 3.21. The summed E-state index contributed by atoms with van der Waals surface area (Å²) in [6.07, 6.45) is 0. The molecule has 0 saturated carbocycles. The van der Waals surface area contributed by atoms with Crippen LogP contribution in [0.5, 0.6) is 0 Å². The molecular weight excluding hydrogens is 132 g/mol. The molecule has 9 heavy (non-hydrogen) atoms. The van der Waals surface area contributed by atoms with E-state index >= 15 is 0 Å². The van der Waals surface area contributed by atoms with Gasteiger partial charge in [-0.1, -0.05) is 0 Å². The molecule has 1 N–H and O–H groups in total. The molecule has 2 nitrogen and oxygen atoms in total. The van der Waals surface area contributed by atoms with Crippen LogP contribution in [0.3, 0.4) is 0 Å². The van der Waals surface area contributed by atoms with Crippen molar-refractivity contribution >= 4 is 16.8 Å². The van der Waals surface area contributed by atoms with E-state index in [0.29, 0.717) is 5.54 Å². The lowest BCUT2D eigenvalue weighted by atomic mass is 9.96. The van der Waals surface area contributed by atoms with Crippen LogP contribution < -0.4 is 5.32 Å². The fourth-order valence-corrected chi connectivity index (χ4v) is 2.24. The van der Waals surface area contributed by atoms with E-state index in [0.717, 1.165) is 13.1 Å². The highest BCUT2D eigenvalue weighted by atomic mass is 32.2. The van der Waals surface area contributed by atoms with Crippen LogP contribution in [0.15, 0.2) is 4.99 Å². The molecule has 0 atom stereocenters. The van der Waals surface area contributed by atoms with Gasteiger partial charge in [0.1, 0.15) is 0 Å². The quantitative estimate of drug-likeness (QED) is 0.532. The Labute approximate surface area is 59.1 Å². The monoisotopic (exact) mass is 142 g/mol. The second-order valence-electron chi connectivity index (χ2n) is 2.75. The van der Waals surface area contributed by atoms with Crippen molar-refractivity contribution in [1.82, 2.24) is 5.32 Å². The molecule has 0 radical (unpaired) electrons. The van der Waals surface area contributed by atoms with Gasteiger partial charge in [-0.25, -0.2) is 0 Å². The summed E-state index contributed by atoms with van der Waals surface area (Å²) in [5.74, 6) is 1.20. The van der Waals surface area contributed by atoms with Crippen LogP contribution >= 0.6 is 11.8 Å². The third-order valence-electron chi connectivity index (χ3n) is 1.85. The van der Waals surface area contributed by atoms with Crippen molar-refractivity contribution in [3.63, 3.8) is 0 Å². The topological polar surface area (TPSA) is 24.4 Å². The lowest BCUT2D eigenvalue weighted by Gasteiger charge is -2.35. The predicted molar refractivity (Wildman–Crippen MR) is 41.2 cm³/mol. The van der Waals surface area contributed by atoms with Gasteiger partial charge in [0, 0.05) is 18.8 Å². The van der Waals surface area contributed by atoms with E-state index < -0.39 is 0 Å². The minimum atomic E-state index is 0.328. The van der Waals surface area contributed by atoms with E-state index in [1.54, 1.807) is 0 Å². The van der Waals surface area contributed by atoms with Gasteiger partial charge in [-0.2, -0.15) is 0 Å². The van der Waals surface area contributed by atoms with Crippen LogP contribution in [0.25, 0.3) is 0 Å². The Hall–Kier alpha value is -0.0200. The fraction of sp³-hybridized carbons (Fsp3) is 0.833. The zero-order valence-electron chi connectivity index (χ0n) is 5.48. The Morgan fingerprint density at radius 3 is 2.67 bits per heavy atom. The summed E-state index contributed by atoms with van der Waals surface area (Å²) >= 11 is 1.89. The van der Waals surface area contributed by atoms with Gasteiger partial charge < -0.3 is 5.32 Å². The van der Waals surface area contributed by atoms with Crippen molar-refractivity contribution in [3.8, 4) is 0 Å².